The predicted octanol–water partition coefficient (Wildman–Crippen LogP) is 2.74. The van der Waals surface area contributed by atoms with Crippen molar-refractivity contribution in [3.05, 3.63) is 0 Å². The molecule has 0 aromatic rings. The monoisotopic (exact) mass is 250 g/mol. The fourth-order valence-corrected chi connectivity index (χ4v) is 5.13. The van der Waals surface area contributed by atoms with E-state index in [1.54, 1.807) is 6.42 Å². The first-order valence-electron chi connectivity index (χ1n) is 8.10. The van der Waals surface area contributed by atoms with Gasteiger partial charge in [-0.25, -0.2) is 0 Å². The van der Waals surface area contributed by atoms with Crippen LogP contribution in [-0.4, -0.2) is 37.1 Å². The summed E-state index contributed by atoms with van der Waals surface area (Å²) in [5.74, 6) is 3.99. The van der Waals surface area contributed by atoms with E-state index in [-0.39, 0.29) is 0 Å². The van der Waals surface area contributed by atoms with Crippen molar-refractivity contribution in [2.24, 2.45) is 23.7 Å². The molecule has 1 N–H and O–H groups in total. The highest BCUT2D eigenvalue weighted by molar-refractivity contribution is 4.96. The van der Waals surface area contributed by atoms with Crippen LogP contribution in [0, 0.1) is 23.7 Å². The van der Waals surface area contributed by atoms with Crippen LogP contribution in [0.25, 0.3) is 0 Å². The zero-order valence-electron chi connectivity index (χ0n) is 12.4. The van der Waals surface area contributed by atoms with E-state index in [0.717, 1.165) is 35.8 Å². The Morgan fingerprint density at radius 2 is 2.00 bits per heavy atom. The van der Waals surface area contributed by atoms with Gasteiger partial charge in [0.15, 0.2) is 0 Å². The second-order valence-electron chi connectivity index (χ2n) is 7.24. The maximum atomic E-state index is 3.48. The lowest BCUT2D eigenvalue weighted by Crippen LogP contribution is -2.52. The molecule has 2 saturated carbocycles. The minimum Gasteiger partial charge on any atom is -0.317 e. The summed E-state index contributed by atoms with van der Waals surface area (Å²) in [5.41, 5.74) is 0. The third-order valence-electron chi connectivity index (χ3n) is 6.30. The van der Waals surface area contributed by atoms with E-state index in [2.05, 4.69) is 31.1 Å². The van der Waals surface area contributed by atoms with Gasteiger partial charge < -0.3 is 5.32 Å². The summed E-state index contributed by atoms with van der Waals surface area (Å²) in [6, 6.07) is 1.58. The molecule has 0 aromatic carbocycles. The van der Waals surface area contributed by atoms with Gasteiger partial charge in [0, 0.05) is 18.6 Å². The Morgan fingerprint density at radius 3 is 2.56 bits per heavy atom. The van der Waals surface area contributed by atoms with Crippen molar-refractivity contribution in [3.63, 3.8) is 0 Å². The number of hydrogen-bond acceptors (Lipinski definition) is 2. The van der Waals surface area contributed by atoms with E-state index in [4.69, 9.17) is 0 Å². The fraction of sp³-hybridized carbons (Fsp3) is 1.00. The SMILES string of the molecule is CNC1CCN(C(C)C2CC3CCC2C3)CC1C. The average molecular weight is 250 g/mol. The highest BCUT2D eigenvalue weighted by Gasteiger charge is 2.43. The summed E-state index contributed by atoms with van der Waals surface area (Å²) in [4.78, 5) is 2.80. The van der Waals surface area contributed by atoms with Crippen LogP contribution in [0.3, 0.4) is 0 Å². The summed E-state index contributed by atoms with van der Waals surface area (Å²) >= 11 is 0. The summed E-state index contributed by atoms with van der Waals surface area (Å²) < 4.78 is 0. The first kappa shape index (κ1) is 12.9. The van der Waals surface area contributed by atoms with Crippen molar-refractivity contribution in [2.45, 2.75) is 58.0 Å². The molecule has 0 aromatic heterocycles. The highest BCUT2D eigenvalue weighted by atomic mass is 15.2. The van der Waals surface area contributed by atoms with Crippen LogP contribution >= 0.6 is 0 Å². The number of likely N-dealkylation sites (tertiary alicyclic amines) is 1. The van der Waals surface area contributed by atoms with Gasteiger partial charge in [0.1, 0.15) is 0 Å². The molecule has 6 unspecified atom stereocenters. The molecule has 1 aliphatic heterocycles. The third-order valence-corrected chi connectivity index (χ3v) is 6.30. The van der Waals surface area contributed by atoms with E-state index < -0.39 is 0 Å². The van der Waals surface area contributed by atoms with E-state index >= 15 is 0 Å². The molecule has 104 valence electrons. The number of hydrogen-bond donors (Lipinski definition) is 1. The highest BCUT2D eigenvalue weighted by Crippen LogP contribution is 2.50. The standard InChI is InChI=1S/C16H30N2/c1-11-10-18(7-6-16(11)17-3)12(2)15-9-13-4-5-14(15)8-13/h11-17H,4-10H2,1-3H3. The molecule has 1 saturated heterocycles. The number of fused-ring (bicyclic) bond motifs is 2. The Kier molecular flexibility index (Phi) is 3.68. The van der Waals surface area contributed by atoms with Gasteiger partial charge in [-0.15, -0.1) is 0 Å². The molecule has 3 fully saturated rings. The Morgan fingerprint density at radius 1 is 1.17 bits per heavy atom. The van der Waals surface area contributed by atoms with Gasteiger partial charge in [0.25, 0.3) is 0 Å². The van der Waals surface area contributed by atoms with Crippen LogP contribution in [0.1, 0.15) is 46.0 Å². The van der Waals surface area contributed by atoms with Gasteiger partial charge in [-0.1, -0.05) is 13.3 Å². The van der Waals surface area contributed by atoms with Crippen LogP contribution in [0.15, 0.2) is 0 Å². The molecule has 3 aliphatic rings. The van der Waals surface area contributed by atoms with Crippen LogP contribution < -0.4 is 5.32 Å². The molecule has 0 spiro atoms. The van der Waals surface area contributed by atoms with E-state index in [0.29, 0.717) is 0 Å². The average Bonchev–Trinajstić information content (AvgIpc) is 3.00. The summed E-state index contributed by atoms with van der Waals surface area (Å²) in [6.45, 7) is 7.55. The third kappa shape index (κ3) is 2.22. The first-order valence-corrected chi connectivity index (χ1v) is 8.10. The zero-order valence-corrected chi connectivity index (χ0v) is 12.4. The van der Waals surface area contributed by atoms with Crippen molar-refractivity contribution in [1.82, 2.24) is 10.2 Å². The Labute approximate surface area is 113 Å². The number of nitrogens with zero attached hydrogens (tertiary/aromatic N) is 1. The largest absolute Gasteiger partial charge is 0.317 e. The molecule has 0 radical (unpaired) electrons. The molecule has 18 heavy (non-hydrogen) atoms. The van der Waals surface area contributed by atoms with Gasteiger partial charge in [-0.2, -0.15) is 0 Å². The molecule has 3 rings (SSSR count). The van der Waals surface area contributed by atoms with Gasteiger partial charge in [-0.3, -0.25) is 4.90 Å². The lowest BCUT2D eigenvalue weighted by Gasteiger charge is -2.43. The van der Waals surface area contributed by atoms with Crippen LogP contribution in [0.4, 0.5) is 0 Å². The Balaban J connectivity index is 1.58. The topological polar surface area (TPSA) is 15.3 Å². The quantitative estimate of drug-likeness (QED) is 0.828. The fourth-order valence-electron chi connectivity index (χ4n) is 5.13. The summed E-state index contributed by atoms with van der Waals surface area (Å²) in [5, 5.41) is 3.48. The predicted molar refractivity (Wildman–Crippen MR) is 76.6 cm³/mol. The van der Waals surface area contributed by atoms with Gasteiger partial charge >= 0.3 is 0 Å². The van der Waals surface area contributed by atoms with Crippen molar-refractivity contribution < 1.29 is 0 Å². The Hall–Kier alpha value is -0.0800. The van der Waals surface area contributed by atoms with Gasteiger partial charge in [-0.05, 0) is 69.9 Å². The van der Waals surface area contributed by atoms with E-state index in [1.807, 2.05) is 0 Å². The molecular formula is C16H30N2. The molecule has 2 heteroatoms. The maximum Gasteiger partial charge on any atom is 0.0114 e. The number of nitrogens with one attached hydrogen (secondary N) is 1. The smallest absolute Gasteiger partial charge is 0.0114 e. The van der Waals surface area contributed by atoms with Crippen molar-refractivity contribution in [3.8, 4) is 0 Å². The molecule has 2 bridgehead atoms. The number of rotatable bonds is 3. The van der Waals surface area contributed by atoms with Crippen molar-refractivity contribution >= 4 is 0 Å². The minimum absolute atomic E-state index is 0.744. The van der Waals surface area contributed by atoms with Crippen LogP contribution in [0.5, 0.6) is 0 Å². The molecule has 6 atom stereocenters. The molecule has 0 amide bonds. The zero-order chi connectivity index (χ0) is 12.7. The van der Waals surface area contributed by atoms with Crippen molar-refractivity contribution in [1.29, 1.82) is 0 Å². The molecule has 2 nitrogen and oxygen atoms in total. The summed E-state index contributed by atoms with van der Waals surface area (Å²) in [7, 11) is 2.12. The molecular weight excluding hydrogens is 220 g/mol. The van der Waals surface area contributed by atoms with Gasteiger partial charge in [0.05, 0.1) is 0 Å². The van der Waals surface area contributed by atoms with Crippen LogP contribution in [-0.2, 0) is 0 Å². The van der Waals surface area contributed by atoms with Crippen LogP contribution in [0.2, 0.25) is 0 Å². The Bertz CT molecular complexity index is 291. The normalized spacial score (nSPS) is 46.5. The van der Waals surface area contributed by atoms with Gasteiger partial charge in [0.2, 0.25) is 0 Å². The lowest BCUT2D eigenvalue weighted by atomic mass is 9.82. The van der Waals surface area contributed by atoms with Crippen molar-refractivity contribution in [2.75, 3.05) is 20.1 Å². The summed E-state index contributed by atoms with van der Waals surface area (Å²) in [6.07, 6.45) is 7.49. The van der Waals surface area contributed by atoms with E-state index in [9.17, 15) is 0 Å². The number of piperidine rings is 1. The molecule has 2 aliphatic carbocycles. The maximum absolute atomic E-state index is 3.48. The lowest BCUT2D eigenvalue weighted by molar-refractivity contribution is 0.0658. The first-order chi connectivity index (χ1) is 8.69. The second-order valence-corrected chi connectivity index (χ2v) is 7.24. The molecule has 1 heterocycles. The second kappa shape index (κ2) is 5.13. The minimum atomic E-state index is 0.744. The van der Waals surface area contributed by atoms with E-state index in [1.165, 1.54) is 38.8 Å².